The number of anilines is 1. The lowest BCUT2D eigenvalue weighted by atomic mass is 10.0. The summed E-state index contributed by atoms with van der Waals surface area (Å²) in [5.41, 5.74) is 2.51. The Hall–Kier alpha value is -3.32. The van der Waals surface area contributed by atoms with Crippen molar-refractivity contribution in [3.63, 3.8) is 0 Å². The Labute approximate surface area is 196 Å². The molecule has 0 aliphatic heterocycles. The van der Waals surface area contributed by atoms with E-state index in [0.717, 1.165) is 21.7 Å². The van der Waals surface area contributed by atoms with E-state index in [1.54, 1.807) is 31.2 Å². The number of nitrogens with one attached hydrogen (secondary N) is 1. The van der Waals surface area contributed by atoms with Gasteiger partial charge in [-0.15, -0.1) is 0 Å². The molecule has 0 unspecified atom stereocenters. The second-order valence-electron chi connectivity index (χ2n) is 8.02. The molecule has 0 bridgehead atoms. The molecule has 3 rings (SSSR count). The molecule has 0 fully saturated rings. The smallest absolute Gasteiger partial charge is 0.244 e. The van der Waals surface area contributed by atoms with Gasteiger partial charge in [-0.25, -0.2) is 8.42 Å². The van der Waals surface area contributed by atoms with Crippen molar-refractivity contribution >= 4 is 21.6 Å². The fraction of sp³-hybridized carbons (Fsp3) is 0.269. The summed E-state index contributed by atoms with van der Waals surface area (Å²) < 4.78 is 32.2. The minimum atomic E-state index is -3.72. The zero-order valence-corrected chi connectivity index (χ0v) is 20.2. The first-order chi connectivity index (χ1) is 15.7. The monoisotopic (exact) mass is 466 g/mol. The number of para-hydroxylation sites is 1. The van der Waals surface area contributed by atoms with Crippen LogP contribution in [0.2, 0.25) is 0 Å². The average molecular weight is 467 g/mol. The Kier molecular flexibility index (Phi) is 7.76. The van der Waals surface area contributed by atoms with Crippen LogP contribution in [-0.4, -0.2) is 26.6 Å². The Morgan fingerprint density at radius 1 is 0.939 bits per heavy atom. The van der Waals surface area contributed by atoms with Crippen molar-refractivity contribution < 1.29 is 17.9 Å². The molecular weight excluding hydrogens is 436 g/mol. The van der Waals surface area contributed by atoms with Crippen LogP contribution >= 0.6 is 0 Å². The number of hydrogen-bond acceptors (Lipinski definition) is 4. The molecule has 6 nitrogen and oxygen atoms in total. The highest BCUT2D eigenvalue weighted by Crippen LogP contribution is 2.27. The van der Waals surface area contributed by atoms with Gasteiger partial charge in [-0.3, -0.25) is 9.10 Å². The number of rotatable bonds is 9. The van der Waals surface area contributed by atoms with E-state index >= 15 is 0 Å². The highest BCUT2D eigenvalue weighted by Gasteiger charge is 2.30. The van der Waals surface area contributed by atoms with Crippen LogP contribution in [0.15, 0.2) is 78.9 Å². The SMILES string of the molecule is CC[C@@H](NC(=O)[C@@H](C)N(c1ccc(Oc2ccccc2)cc1)S(C)(=O)=O)c1ccc(C)cc1. The second kappa shape index (κ2) is 10.5. The lowest BCUT2D eigenvalue weighted by Gasteiger charge is -2.30. The number of ether oxygens (including phenoxy) is 1. The Morgan fingerprint density at radius 2 is 1.52 bits per heavy atom. The van der Waals surface area contributed by atoms with Gasteiger partial charge in [0.25, 0.3) is 0 Å². The van der Waals surface area contributed by atoms with Gasteiger partial charge in [0, 0.05) is 0 Å². The standard InChI is InChI=1S/C26H30N2O4S/c1-5-25(21-13-11-19(2)12-14-21)27-26(29)20(3)28(33(4,30)31)22-15-17-24(18-16-22)32-23-9-7-6-8-10-23/h6-18,20,25H,5H2,1-4H3,(H,27,29)/t20-,25-/m1/s1. The molecule has 0 aromatic heterocycles. The number of carbonyl (C=O) groups excluding carboxylic acids is 1. The summed E-state index contributed by atoms with van der Waals surface area (Å²) in [6, 6.07) is 22.8. The van der Waals surface area contributed by atoms with Crippen LogP contribution in [-0.2, 0) is 14.8 Å². The number of aryl methyl sites for hydroxylation is 1. The fourth-order valence-electron chi connectivity index (χ4n) is 3.61. The number of carbonyl (C=O) groups is 1. The first-order valence-corrected chi connectivity index (χ1v) is 12.7. The third-order valence-corrected chi connectivity index (χ3v) is 6.60. The molecule has 1 N–H and O–H groups in total. The van der Waals surface area contributed by atoms with Crippen LogP contribution in [0.3, 0.4) is 0 Å². The van der Waals surface area contributed by atoms with Crippen molar-refractivity contribution in [3.05, 3.63) is 90.0 Å². The predicted octanol–water partition coefficient (Wildman–Crippen LogP) is 5.21. The molecule has 0 saturated heterocycles. The molecular formula is C26H30N2O4S. The van der Waals surface area contributed by atoms with Crippen LogP contribution in [0, 0.1) is 6.92 Å². The minimum Gasteiger partial charge on any atom is -0.457 e. The molecule has 0 aliphatic rings. The third kappa shape index (κ3) is 6.35. The summed E-state index contributed by atoms with van der Waals surface area (Å²) in [4.78, 5) is 13.1. The molecule has 7 heteroatoms. The van der Waals surface area contributed by atoms with Gasteiger partial charge in [0.1, 0.15) is 17.5 Å². The number of amides is 1. The average Bonchev–Trinajstić information content (AvgIpc) is 2.79. The van der Waals surface area contributed by atoms with Gasteiger partial charge in [0.2, 0.25) is 15.9 Å². The zero-order valence-electron chi connectivity index (χ0n) is 19.4. The van der Waals surface area contributed by atoms with E-state index in [4.69, 9.17) is 4.74 Å². The highest BCUT2D eigenvalue weighted by atomic mass is 32.2. The molecule has 174 valence electrons. The number of benzene rings is 3. The van der Waals surface area contributed by atoms with E-state index in [9.17, 15) is 13.2 Å². The maximum atomic E-state index is 13.1. The molecule has 0 heterocycles. The predicted molar refractivity (Wildman–Crippen MR) is 132 cm³/mol. The lowest BCUT2D eigenvalue weighted by molar-refractivity contribution is -0.122. The van der Waals surface area contributed by atoms with Crippen molar-refractivity contribution in [2.45, 2.75) is 39.3 Å². The van der Waals surface area contributed by atoms with Gasteiger partial charge in [-0.05, 0) is 62.2 Å². The van der Waals surface area contributed by atoms with Crippen molar-refractivity contribution in [1.29, 1.82) is 0 Å². The van der Waals surface area contributed by atoms with Gasteiger partial charge in [-0.2, -0.15) is 0 Å². The summed E-state index contributed by atoms with van der Waals surface area (Å²) in [5, 5.41) is 3.00. The Bertz CT molecular complexity index is 1160. The molecule has 0 radical (unpaired) electrons. The maximum Gasteiger partial charge on any atom is 0.244 e. The normalized spacial score (nSPS) is 13.1. The van der Waals surface area contributed by atoms with Crippen LogP contribution in [0.4, 0.5) is 5.69 Å². The summed E-state index contributed by atoms with van der Waals surface area (Å²) in [6.45, 7) is 5.58. The van der Waals surface area contributed by atoms with E-state index in [0.29, 0.717) is 23.6 Å². The second-order valence-corrected chi connectivity index (χ2v) is 9.88. The van der Waals surface area contributed by atoms with Crippen LogP contribution < -0.4 is 14.4 Å². The van der Waals surface area contributed by atoms with Crippen LogP contribution in [0.25, 0.3) is 0 Å². The highest BCUT2D eigenvalue weighted by molar-refractivity contribution is 7.92. The lowest BCUT2D eigenvalue weighted by Crippen LogP contribution is -2.48. The Balaban J connectivity index is 1.79. The molecule has 2 atom stereocenters. The van der Waals surface area contributed by atoms with Crippen molar-refractivity contribution in [2.24, 2.45) is 0 Å². The molecule has 33 heavy (non-hydrogen) atoms. The van der Waals surface area contributed by atoms with E-state index in [1.165, 1.54) is 0 Å². The topological polar surface area (TPSA) is 75.7 Å². The van der Waals surface area contributed by atoms with Crippen molar-refractivity contribution in [2.75, 3.05) is 10.6 Å². The van der Waals surface area contributed by atoms with Gasteiger partial charge in [0.15, 0.2) is 0 Å². The van der Waals surface area contributed by atoms with E-state index in [1.807, 2.05) is 68.4 Å². The molecule has 1 amide bonds. The van der Waals surface area contributed by atoms with Gasteiger partial charge in [-0.1, -0.05) is 55.0 Å². The van der Waals surface area contributed by atoms with Crippen LogP contribution in [0.1, 0.15) is 37.4 Å². The van der Waals surface area contributed by atoms with E-state index in [-0.39, 0.29) is 11.9 Å². The summed E-state index contributed by atoms with van der Waals surface area (Å²) in [6.07, 6.45) is 1.79. The minimum absolute atomic E-state index is 0.205. The Morgan fingerprint density at radius 3 is 2.06 bits per heavy atom. The number of nitrogens with zero attached hydrogens (tertiary/aromatic N) is 1. The maximum absolute atomic E-state index is 13.1. The third-order valence-electron chi connectivity index (χ3n) is 5.36. The molecule has 3 aromatic carbocycles. The largest absolute Gasteiger partial charge is 0.457 e. The summed E-state index contributed by atoms with van der Waals surface area (Å²) in [7, 11) is -3.72. The molecule has 0 spiro atoms. The first kappa shape index (κ1) is 24.3. The van der Waals surface area contributed by atoms with Crippen molar-refractivity contribution in [3.8, 4) is 11.5 Å². The number of sulfonamides is 1. The fourth-order valence-corrected chi connectivity index (χ4v) is 4.78. The van der Waals surface area contributed by atoms with Gasteiger partial charge >= 0.3 is 0 Å². The summed E-state index contributed by atoms with van der Waals surface area (Å²) >= 11 is 0. The van der Waals surface area contributed by atoms with E-state index < -0.39 is 16.1 Å². The van der Waals surface area contributed by atoms with Crippen molar-refractivity contribution in [1.82, 2.24) is 5.32 Å². The van der Waals surface area contributed by atoms with Gasteiger partial charge < -0.3 is 10.1 Å². The zero-order chi connectivity index (χ0) is 24.0. The first-order valence-electron chi connectivity index (χ1n) is 10.9. The van der Waals surface area contributed by atoms with Crippen LogP contribution in [0.5, 0.6) is 11.5 Å². The molecule has 0 aliphatic carbocycles. The van der Waals surface area contributed by atoms with Gasteiger partial charge in [0.05, 0.1) is 18.0 Å². The summed E-state index contributed by atoms with van der Waals surface area (Å²) in [5.74, 6) is 0.887. The molecule has 3 aromatic rings. The molecule has 0 saturated carbocycles. The quantitative estimate of drug-likeness (QED) is 0.470. The van der Waals surface area contributed by atoms with E-state index in [2.05, 4.69) is 5.32 Å². The number of hydrogen-bond donors (Lipinski definition) is 1.